The number of rotatable bonds is 11. The summed E-state index contributed by atoms with van der Waals surface area (Å²) < 4.78 is 0. The van der Waals surface area contributed by atoms with Gasteiger partial charge in [0.05, 0.1) is 6.54 Å². The molecule has 0 aromatic carbocycles. The Morgan fingerprint density at radius 1 is 1.04 bits per heavy atom. The van der Waals surface area contributed by atoms with Crippen molar-refractivity contribution in [1.29, 1.82) is 0 Å². The minimum absolute atomic E-state index is 0.210. The third-order valence-electron chi connectivity index (χ3n) is 3.86. The third-order valence-corrected chi connectivity index (χ3v) is 3.86. The number of hydrogen-bond acceptors (Lipinski definition) is 4. The minimum Gasteiger partial charge on any atom is -0.481 e. The number of carbonyl (C=O) groups excluding carboxylic acids is 3. The minimum atomic E-state index is -1.56. The van der Waals surface area contributed by atoms with Crippen molar-refractivity contribution in [3.8, 4) is 0 Å². The SMILES string of the molecule is CC(C)CCCCC(=O)NC(C)C(=O)NCC(=O)C(C)(C)C(=O)O. The number of carboxylic acids is 1. The fourth-order valence-corrected chi connectivity index (χ4v) is 1.88. The van der Waals surface area contributed by atoms with Crippen LogP contribution in [-0.4, -0.2) is 41.3 Å². The van der Waals surface area contributed by atoms with E-state index in [1.165, 1.54) is 20.8 Å². The number of nitrogens with one attached hydrogen (secondary N) is 2. The van der Waals surface area contributed by atoms with Gasteiger partial charge in [-0.2, -0.15) is 0 Å². The third kappa shape index (κ3) is 8.08. The van der Waals surface area contributed by atoms with Crippen LogP contribution in [-0.2, 0) is 19.2 Å². The number of carboxylic acid groups (broad SMARTS) is 1. The zero-order chi connectivity index (χ0) is 18.9. The first-order valence-electron chi connectivity index (χ1n) is 8.32. The first-order valence-corrected chi connectivity index (χ1v) is 8.32. The lowest BCUT2D eigenvalue weighted by Gasteiger charge is -2.19. The Balaban J connectivity index is 4.17. The number of unbranched alkanes of at least 4 members (excludes halogenated alkanes) is 1. The lowest BCUT2D eigenvalue weighted by molar-refractivity contribution is -0.152. The number of aliphatic carboxylic acids is 1. The van der Waals surface area contributed by atoms with Crippen LogP contribution >= 0.6 is 0 Å². The van der Waals surface area contributed by atoms with E-state index in [9.17, 15) is 19.2 Å². The second kappa shape index (κ2) is 10.1. The van der Waals surface area contributed by atoms with Gasteiger partial charge < -0.3 is 15.7 Å². The molecule has 0 aromatic rings. The van der Waals surface area contributed by atoms with Crippen LogP contribution in [0.25, 0.3) is 0 Å². The molecule has 7 nitrogen and oxygen atoms in total. The van der Waals surface area contributed by atoms with Crippen molar-refractivity contribution in [1.82, 2.24) is 10.6 Å². The molecule has 0 aliphatic heterocycles. The van der Waals surface area contributed by atoms with E-state index in [1.807, 2.05) is 0 Å². The Kier molecular flexibility index (Phi) is 9.25. The molecule has 0 fully saturated rings. The van der Waals surface area contributed by atoms with Crippen molar-refractivity contribution >= 4 is 23.6 Å². The van der Waals surface area contributed by atoms with E-state index in [0.717, 1.165) is 19.3 Å². The number of Topliss-reactive ketones (excluding diaryl/α,β-unsaturated/α-hetero) is 1. The maximum atomic E-state index is 11.9. The van der Waals surface area contributed by atoms with Gasteiger partial charge in [-0.1, -0.05) is 26.7 Å². The molecule has 0 heterocycles. The van der Waals surface area contributed by atoms with Gasteiger partial charge in [0, 0.05) is 6.42 Å². The summed E-state index contributed by atoms with van der Waals surface area (Å²) in [5.41, 5.74) is -1.56. The molecule has 7 heteroatoms. The molecule has 0 saturated carbocycles. The van der Waals surface area contributed by atoms with Crippen molar-refractivity contribution < 1.29 is 24.3 Å². The van der Waals surface area contributed by atoms with E-state index in [-0.39, 0.29) is 12.5 Å². The van der Waals surface area contributed by atoms with Gasteiger partial charge >= 0.3 is 5.97 Å². The largest absolute Gasteiger partial charge is 0.481 e. The summed E-state index contributed by atoms with van der Waals surface area (Å²) in [7, 11) is 0. The number of carbonyl (C=O) groups is 4. The van der Waals surface area contributed by atoms with Gasteiger partial charge in [0.2, 0.25) is 11.8 Å². The Hall–Kier alpha value is -1.92. The molecule has 1 unspecified atom stereocenters. The topological polar surface area (TPSA) is 113 Å². The van der Waals surface area contributed by atoms with Gasteiger partial charge in [0.25, 0.3) is 0 Å². The van der Waals surface area contributed by atoms with Crippen LogP contribution in [0.1, 0.15) is 60.3 Å². The van der Waals surface area contributed by atoms with E-state index in [1.54, 1.807) is 0 Å². The molecule has 0 radical (unpaired) electrons. The summed E-state index contributed by atoms with van der Waals surface area (Å²) in [5.74, 6) is -1.97. The van der Waals surface area contributed by atoms with E-state index >= 15 is 0 Å². The molecule has 1 atom stereocenters. The first-order chi connectivity index (χ1) is 11.0. The van der Waals surface area contributed by atoms with Crippen molar-refractivity contribution in [2.75, 3.05) is 6.54 Å². The van der Waals surface area contributed by atoms with Crippen molar-refractivity contribution in [3.63, 3.8) is 0 Å². The Labute approximate surface area is 143 Å². The normalized spacial score (nSPS) is 12.6. The molecule has 24 heavy (non-hydrogen) atoms. The highest BCUT2D eigenvalue weighted by atomic mass is 16.4. The standard InChI is InChI=1S/C17H30N2O5/c1-11(2)8-6-7-9-14(21)19-12(3)15(22)18-10-13(20)17(4,5)16(23)24/h11-12H,6-10H2,1-5H3,(H,18,22)(H,19,21)(H,23,24). The molecule has 0 saturated heterocycles. The van der Waals surface area contributed by atoms with Crippen LogP contribution in [0.2, 0.25) is 0 Å². The fraction of sp³-hybridized carbons (Fsp3) is 0.765. The van der Waals surface area contributed by atoms with E-state index in [2.05, 4.69) is 24.5 Å². The van der Waals surface area contributed by atoms with E-state index < -0.39 is 29.1 Å². The zero-order valence-corrected chi connectivity index (χ0v) is 15.3. The molecular formula is C17H30N2O5. The molecular weight excluding hydrogens is 312 g/mol. The lowest BCUT2D eigenvalue weighted by Crippen LogP contribution is -2.48. The van der Waals surface area contributed by atoms with Gasteiger partial charge in [-0.15, -0.1) is 0 Å². The van der Waals surface area contributed by atoms with Gasteiger partial charge in [-0.3, -0.25) is 19.2 Å². The summed E-state index contributed by atoms with van der Waals surface area (Å²) in [6.07, 6.45) is 3.15. The highest BCUT2D eigenvalue weighted by Crippen LogP contribution is 2.15. The summed E-state index contributed by atoms with van der Waals surface area (Å²) in [6.45, 7) is 7.96. The number of hydrogen-bond donors (Lipinski definition) is 3. The molecule has 0 spiro atoms. The van der Waals surface area contributed by atoms with Crippen molar-refractivity contribution in [2.24, 2.45) is 11.3 Å². The smallest absolute Gasteiger partial charge is 0.316 e. The first kappa shape index (κ1) is 22.1. The molecule has 0 aromatic heterocycles. The van der Waals surface area contributed by atoms with Crippen molar-refractivity contribution in [2.45, 2.75) is 66.3 Å². The van der Waals surface area contributed by atoms with Crippen LogP contribution in [0.4, 0.5) is 0 Å². The zero-order valence-electron chi connectivity index (χ0n) is 15.3. The van der Waals surface area contributed by atoms with Crippen LogP contribution < -0.4 is 10.6 Å². The van der Waals surface area contributed by atoms with Crippen LogP contribution in [0.5, 0.6) is 0 Å². The van der Waals surface area contributed by atoms with Crippen molar-refractivity contribution in [3.05, 3.63) is 0 Å². The maximum absolute atomic E-state index is 11.9. The highest BCUT2D eigenvalue weighted by Gasteiger charge is 2.35. The average molecular weight is 342 g/mol. The number of amides is 2. The molecule has 0 rings (SSSR count). The Morgan fingerprint density at radius 2 is 1.62 bits per heavy atom. The van der Waals surface area contributed by atoms with Gasteiger partial charge in [-0.05, 0) is 33.1 Å². The lowest BCUT2D eigenvalue weighted by atomic mass is 9.88. The molecule has 2 amide bonds. The Morgan fingerprint density at radius 3 is 2.12 bits per heavy atom. The predicted octanol–water partition coefficient (Wildman–Crippen LogP) is 1.50. The summed E-state index contributed by atoms with van der Waals surface area (Å²) >= 11 is 0. The summed E-state index contributed by atoms with van der Waals surface area (Å²) in [5, 5.41) is 13.9. The van der Waals surface area contributed by atoms with E-state index in [0.29, 0.717) is 12.3 Å². The maximum Gasteiger partial charge on any atom is 0.316 e. The molecule has 0 aliphatic rings. The van der Waals surface area contributed by atoms with Gasteiger partial charge in [-0.25, -0.2) is 0 Å². The molecule has 3 N–H and O–H groups in total. The summed E-state index contributed by atoms with van der Waals surface area (Å²) in [6, 6.07) is -0.775. The number of ketones is 1. The molecule has 138 valence electrons. The van der Waals surface area contributed by atoms with E-state index in [4.69, 9.17) is 5.11 Å². The molecule has 0 bridgehead atoms. The molecule has 0 aliphatic carbocycles. The highest BCUT2D eigenvalue weighted by molar-refractivity contribution is 6.04. The second-order valence-electron chi connectivity index (χ2n) is 7.00. The van der Waals surface area contributed by atoms with Gasteiger partial charge in [0.15, 0.2) is 5.78 Å². The Bertz CT molecular complexity index is 472. The van der Waals surface area contributed by atoms with Gasteiger partial charge in [0.1, 0.15) is 11.5 Å². The second-order valence-corrected chi connectivity index (χ2v) is 7.00. The van der Waals surface area contributed by atoms with Crippen LogP contribution in [0, 0.1) is 11.3 Å². The van der Waals surface area contributed by atoms with Crippen LogP contribution in [0.3, 0.4) is 0 Å². The quantitative estimate of drug-likeness (QED) is 0.389. The summed E-state index contributed by atoms with van der Waals surface area (Å²) in [4.78, 5) is 46.4. The average Bonchev–Trinajstić information content (AvgIpc) is 2.48. The monoisotopic (exact) mass is 342 g/mol. The van der Waals surface area contributed by atoms with Crippen LogP contribution in [0.15, 0.2) is 0 Å². The fourth-order valence-electron chi connectivity index (χ4n) is 1.88. The predicted molar refractivity (Wildman–Crippen MR) is 90.3 cm³/mol.